The zero-order valence-corrected chi connectivity index (χ0v) is 11.8. The standard InChI is InChI=1S/C16H15N3O2/c1-10-6-12(9-18-8-10)15-14(16(17)21-19-15)11-4-3-5-13(7-11)20-2/h3-9H,17H2,1-2H3. The summed E-state index contributed by atoms with van der Waals surface area (Å²) in [6, 6.07) is 9.61. The minimum atomic E-state index is 0.278. The maximum absolute atomic E-state index is 5.95. The first-order valence-electron chi connectivity index (χ1n) is 6.50. The number of nitrogen functional groups attached to an aromatic ring is 1. The number of aromatic nitrogens is 2. The van der Waals surface area contributed by atoms with Gasteiger partial charge in [-0.3, -0.25) is 4.98 Å². The van der Waals surface area contributed by atoms with E-state index in [0.717, 1.165) is 28.0 Å². The summed E-state index contributed by atoms with van der Waals surface area (Å²) >= 11 is 0. The number of pyridine rings is 1. The van der Waals surface area contributed by atoms with Gasteiger partial charge in [0, 0.05) is 18.0 Å². The second-order valence-corrected chi connectivity index (χ2v) is 4.75. The summed E-state index contributed by atoms with van der Waals surface area (Å²) in [5.74, 6) is 1.03. The van der Waals surface area contributed by atoms with E-state index in [1.165, 1.54) is 0 Å². The van der Waals surface area contributed by atoms with Crippen molar-refractivity contribution in [3.8, 4) is 28.1 Å². The molecule has 106 valence electrons. The number of nitrogens with zero attached hydrogens (tertiary/aromatic N) is 2. The molecule has 3 aromatic rings. The van der Waals surface area contributed by atoms with Gasteiger partial charge in [-0.2, -0.15) is 0 Å². The zero-order valence-electron chi connectivity index (χ0n) is 11.8. The molecule has 1 aromatic carbocycles. The van der Waals surface area contributed by atoms with Crippen LogP contribution in [-0.2, 0) is 0 Å². The van der Waals surface area contributed by atoms with E-state index in [1.807, 2.05) is 37.3 Å². The molecule has 3 rings (SSSR count). The second-order valence-electron chi connectivity index (χ2n) is 4.75. The van der Waals surface area contributed by atoms with E-state index < -0.39 is 0 Å². The number of ether oxygens (including phenoxy) is 1. The number of aryl methyl sites for hydroxylation is 1. The minimum absolute atomic E-state index is 0.278. The molecule has 0 spiro atoms. The fourth-order valence-electron chi connectivity index (χ4n) is 2.24. The summed E-state index contributed by atoms with van der Waals surface area (Å²) in [5.41, 5.74) is 10.2. The van der Waals surface area contributed by atoms with Crippen LogP contribution in [0.3, 0.4) is 0 Å². The first-order chi connectivity index (χ1) is 10.2. The van der Waals surface area contributed by atoms with Crippen LogP contribution in [0.4, 0.5) is 5.88 Å². The molecule has 2 heterocycles. The first kappa shape index (κ1) is 13.2. The summed E-state index contributed by atoms with van der Waals surface area (Å²) in [7, 11) is 1.63. The number of nitrogens with two attached hydrogens (primary N) is 1. The topological polar surface area (TPSA) is 74.2 Å². The van der Waals surface area contributed by atoms with Crippen molar-refractivity contribution >= 4 is 5.88 Å². The third-order valence-corrected chi connectivity index (χ3v) is 3.23. The number of hydrogen-bond donors (Lipinski definition) is 1. The van der Waals surface area contributed by atoms with Crippen molar-refractivity contribution in [1.29, 1.82) is 0 Å². The SMILES string of the molecule is COc1cccc(-c2c(-c3cncc(C)c3)noc2N)c1. The van der Waals surface area contributed by atoms with E-state index in [4.69, 9.17) is 15.0 Å². The third-order valence-electron chi connectivity index (χ3n) is 3.23. The molecule has 0 unspecified atom stereocenters. The zero-order chi connectivity index (χ0) is 14.8. The van der Waals surface area contributed by atoms with Gasteiger partial charge in [0.25, 0.3) is 0 Å². The Kier molecular flexibility index (Phi) is 3.31. The number of hydrogen-bond acceptors (Lipinski definition) is 5. The van der Waals surface area contributed by atoms with Crippen LogP contribution < -0.4 is 10.5 Å². The highest BCUT2D eigenvalue weighted by Gasteiger charge is 2.18. The molecule has 0 atom stereocenters. The van der Waals surface area contributed by atoms with Crippen LogP contribution in [0.15, 0.2) is 47.2 Å². The Bertz CT molecular complexity index is 781. The molecule has 0 aliphatic heterocycles. The summed E-state index contributed by atoms with van der Waals surface area (Å²) in [6.45, 7) is 1.98. The molecule has 0 aliphatic rings. The van der Waals surface area contributed by atoms with Crippen molar-refractivity contribution < 1.29 is 9.26 Å². The lowest BCUT2D eigenvalue weighted by Gasteiger charge is -2.05. The largest absolute Gasteiger partial charge is 0.497 e. The van der Waals surface area contributed by atoms with Crippen LogP contribution in [0.5, 0.6) is 5.75 Å². The van der Waals surface area contributed by atoms with Gasteiger partial charge < -0.3 is 15.0 Å². The van der Waals surface area contributed by atoms with E-state index >= 15 is 0 Å². The highest BCUT2D eigenvalue weighted by atomic mass is 16.5. The van der Waals surface area contributed by atoms with Gasteiger partial charge in [0.15, 0.2) is 0 Å². The average Bonchev–Trinajstić information content (AvgIpc) is 2.89. The second kappa shape index (κ2) is 5.28. The minimum Gasteiger partial charge on any atom is -0.497 e. The van der Waals surface area contributed by atoms with Gasteiger partial charge in [-0.25, -0.2) is 0 Å². The van der Waals surface area contributed by atoms with Gasteiger partial charge in [-0.1, -0.05) is 17.3 Å². The van der Waals surface area contributed by atoms with E-state index in [-0.39, 0.29) is 5.88 Å². The van der Waals surface area contributed by atoms with Crippen molar-refractivity contribution in [1.82, 2.24) is 10.1 Å². The van der Waals surface area contributed by atoms with Gasteiger partial charge >= 0.3 is 0 Å². The monoisotopic (exact) mass is 281 g/mol. The van der Waals surface area contributed by atoms with Crippen molar-refractivity contribution in [2.24, 2.45) is 0 Å². The molecule has 0 radical (unpaired) electrons. The van der Waals surface area contributed by atoms with Gasteiger partial charge in [0.2, 0.25) is 5.88 Å². The lowest BCUT2D eigenvalue weighted by atomic mass is 10.0. The van der Waals surface area contributed by atoms with Crippen molar-refractivity contribution in [3.05, 3.63) is 48.3 Å². The number of methoxy groups -OCH3 is 1. The fraction of sp³-hybridized carbons (Fsp3) is 0.125. The smallest absolute Gasteiger partial charge is 0.230 e. The molecular weight excluding hydrogens is 266 g/mol. The lowest BCUT2D eigenvalue weighted by molar-refractivity contribution is 0.415. The molecule has 2 aromatic heterocycles. The maximum atomic E-state index is 5.95. The van der Waals surface area contributed by atoms with E-state index in [1.54, 1.807) is 19.5 Å². The third kappa shape index (κ3) is 2.45. The van der Waals surface area contributed by atoms with Crippen LogP contribution in [-0.4, -0.2) is 17.3 Å². The maximum Gasteiger partial charge on any atom is 0.230 e. The Hall–Kier alpha value is -2.82. The molecule has 21 heavy (non-hydrogen) atoms. The van der Waals surface area contributed by atoms with Crippen molar-refractivity contribution in [2.75, 3.05) is 12.8 Å². The van der Waals surface area contributed by atoms with Crippen LogP contribution in [0.1, 0.15) is 5.56 Å². The summed E-state index contributed by atoms with van der Waals surface area (Å²) < 4.78 is 10.4. The van der Waals surface area contributed by atoms with Gasteiger partial charge in [0.05, 0.1) is 12.7 Å². The van der Waals surface area contributed by atoms with Gasteiger partial charge in [-0.15, -0.1) is 0 Å². The molecule has 0 saturated heterocycles. The molecule has 0 amide bonds. The number of anilines is 1. The summed E-state index contributed by atoms with van der Waals surface area (Å²) in [4.78, 5) is 4.19. The molecule has 5 nitrogen and oxygen atoms in total. The predicted molar refractivity (Wildman–Crippen MR) is 80.9 cm³/mol. The van der Waals surface area contributed by atoms with E-state index in [2.05, 4.69) is 10.1 Å². The fourth-order valence-corrected chi connectivity index (χ4v) is 2.24. The Morgan fingerprint density at radius 1 is 1.14 bits per heavy atom. The van der Waals surface area contributed by atoms with Crippen LogP contribution in [0.25, 0.3) is 22.4 Å². The normalized spacial score (nSPS) is 10.6. The van der Waals surface area contributed by atoms with Crippen molar-refractivity contribution in [2.45, 2.75) is 6.92 Å². The van der Waals surface area contributed by atoms with Crippen LogP contribution >= 0.6 is 0 Å². The Morgan fingerprint density at radius 3 is 2.76 bits per heavy atom. The van der Waals surface area contributed by atoms with Crippen LogP contribution in [0.2, 0.25) is 0 Å². The van der Waals surface area contributed by atoms with E-state index in [0.29, 0.717) is 5.69 Å². The highest BCUT2D eigenvalue weighted by Crippen LogP contribution is 2.37. The molecule has 0 fully saturated rings. The van der Waals surface area contributed by atoms with E-state index in [9.17, 15) is 0 Å². The predicted octanol–water partition coefficient (Wildman–Crippen LogP) is 3.30. The van der Waals surface area contributed by atoms with Gasteiger partial charge in [-0.05, 0) is 36.2 Å². The quantitative estimate of drug-likeness (QED) is 0.797. The molecule has 0 bridgehead atoms. The van der Waals surface area contributed by atoms with Gasteiger partial charge in [0.1, 0.15) is 11.4 Å². The summed E-state index contributed by atoms with van der Waals surface area (Å²) in [5, 5.41) is 4.08. The number of rotatable bonds is 3. The van der Waals surface area contributed by atoms with Crippen molar-refractivity contribution in [3.63, 3.8) is 0 Å². The molecule has 5 heteroatoms. The average molecular weight is 281 g/mol. The Balaban J connectivity index is 2.17. The Morgan fingerprint density at radius 2 is 2.00 bits per heavy atom. The summed E-state index contributed by atoms with van der Waals surface area (Å²) in [6.07, 6.45) is 3.53. The molecule has 0 aliphatic carbocycles. The number of benzene rings is 1. The Labute approximate surface area is 122 Å². The molecule has 2 N–H and O–H groups in total. The lowest BCUT2D eigenvalue weighted by Crippen LogP contribution is -1.90. The highest BCUT2D eigenvalue weighted by molar-refractivity contribution is 5.87. The first-order valence-corrected chi connectivity index (χ1v) is 6.50. The molecule has 0 saturated carbocycles. The molecular formula is C16H15N3O2. The van der Waals surface area contributed by atoms with Crippen LogP contribution in [0, 0.1) is 6.92 Å².